The van der Waals surface area contributed by atoms with E-state index in [1.807, 2.05) is 0 Å². The molecule has 2 aromatic heterocycles. The lowest BCUT2D eigenvalue weighted by molar-refractivity contribution is 1.41. The molecule has 0 unspecified atom stereocenters. The van der Waals surface area contributed by atoms with Crippen LogP contribution in [0.1, 0.15) is 0 Å². The number of hydrogen-bond donors (Lipinski definition) is 0. The van der Waals surface area contributed by atoms with Crippen molar-refractivity contribution >= 4 is 64.9 Å². The maximum atomic E-state index is 5.46. The third-order valence-electron chi connectivity index (χ3n) is 11.0. The second-order valence-corrected chi connectivity index (χ2v) is 14.1. The first kappa shape index (κ1) is 30.5. The Labute approximate surface area is 312 Å². The quantitative estimate of drug-likeness (QED) is 0.172. The number of benzene rings is 9. The largest absolute Gasteiger partial charge is 0.247 e. The van der Waals surface area contributed by atoms with E-state index in [0.29, 0.717) is 0 Å². The summed E-state index contributed by atoms with van der Waals surface area (Å²) < 4.78 is 0. The van der Waals surface area contributed by atoms with E-state index in [9.17, 15) is 0 Å². The van der Waals surface area contributed by atoms with Gasteiger partial charge in [-0.05, 0) is 84.9 Å². The Kier molecular flexibility index (Phi) is 6.90. The number of hydrogen-bond acceptors (Lipinski definition) is 2. The van der Waals surface area contributed by atoms with Crippen molar-refractivity contribution in [1.29, 1.82) is 0 Å². The maximum absolute atomic E-state index is 5.46. The van der Waals surface area contributed by atoms with Gasteiger partial charge in [-0.15, -0.1) is 0 Å². The SMILES string of the molecule is c1ccc2cc(-c3cc(-c4ccc5ccccc5c4)c4cc(-c5ccc(-c6nc7ccccc7c7ccccc67)cc5)c5ccccc5c4n3)ccc2c1. The highest BCUT2D eigenvalue weighted by molar-refractivity contribution is 6.17. The predicted molar refractivity (Wildman–Crippen MR) is 229 cm³/mol. The molecule has 0 atom stereocenters. The standard InChI is InChI=1S/C52H32N2/c1-3-13-37-29-39(27-21-33(37)11-1)47-32-50(40-28-22-34-12-2-4-14-38(34)30-40)54-52-45-19-8-6-16-42(45)46(31-48(47)52)35-23-25-36(26-24-35)51-44-18-7-5-15-41(44)43-17-9-10-20-49(43)53-51/h1-32H. The van der Waals surface area contributed by atoms with Gasteiger partial charge < -0.3 is 0 Å². The molecule has 0 radical (unpaired) electrons. The molecule has 0 bridgehead atoms. The Hall–Kier alpha value is -7.16. The first-order valence-electron chi connectivity index (χ1n) is 18.5. The van der Waals surface area contributed by atoms with Crippen LogP contribution in [0, 0.1) is 0 Å². The fourth-order valence-electron chi connectivity index (χ4n) is 8.32. The highest BCUT2D eigenvalue weighted by Gasteiger charge is 2.17. The van der Waals surface area contributed by atoms with Gasteiger partial charge in [0.2, 0.25) is 0 Å². The van der Waals surface area contributed by atoms with E-state index in [1.165, 1.54) is 54.4 Å². The van der Waals surface area contributed by atoms with Crippen molar-refractivity contribution in [3.63, 3.8) is 0 Å². The zero-order valence-corrected chi connectivity index (χ0v) is 29.4. The van der Waals surface area contributed by atoms with E-state index < -0.39 is 0 Å². The summed E-state index contributed by atoms with van der Waals surface area (Å²) in [5.41, 5.74) is 10.9. The van der Waals surface area contributed by atoms with Gasteiger partial charge in [0.1, 0.15) is 0 Å². The minimum Gasteiger partial charge on any atom is -0.247 e. The van der Waals surface area contributed by atoms with E-state index in [0.717, 1.165) is 55.3 Å². The summed E-state index contributed by atoms with van der Waals surface area (Å²) in [5, 5.41) is 11.9. The number of rotatable bonds is 4. The van der Waals surface area contributed by atoms with Crippen LogP contribution >= 0.6 is 0 Å². The molecule has 2 heterocycles. The van der Waals surface area contributed by atoms with Crippen LogP contribution in [0.25, 0.3) is 110 Å². The van der Waals surface area contributed by atoms with Crippen LogP contribution in [0.2, 0.25) is 0 Å². The van der Waals surface area contributed by atoms with E-state index in [4.69, 9.17) is 9.97 Å². The normalized spacial score (nSPS) is 11.7. The number of fused-ring (bicyclic) bond motifs is 8. The molecule has 0 saturated carbocycles. The molecule has 0 aliphatic carbocycles. The Morgan fingerprint density at radius 1 is 0.278 bits per heavy atom. The second-order valence-electron chi connectivity index (χ2n) is 14.1. The molecule has 0 fully saturated rings. The summed E-state index contributed by atoms with van der Waals surface area (Å²) in [5.74, 6) is 0. The van der Waals surface area contributed by atoms with Gasteiger partial charge in [-0.25, -0.2) is 9.97 Å². The average molecular weight is 685 g/mol. The zero-order valence-electron chi connectivity index (χ0n) is 29.4. The van der Waals surface area contributed by atoms with Crippen LogP contribution in [-0.4, -0.2) is 9.97 Å². The molecule has 250 valence electrons. The highest BCUT2D eigenvalue weighted by atomic mass is 14.7. The van der Waals surface area contributed by atoms with Gasteiger partial charge in [-0.1, -0.05) is 164 Å². The van der Waals surface area contributed by atoms with Gasteiger partial charge in [-0.2, -0.15) is 0 Å². The van der Waals surface area contributed by atoms with Crippen molar-refractivity contribution < 1.29 is 0 Å². The predicted octanol–water partition coefficient (Wildman–Crippen LogP) is 14.1. The molecular formula is C52H32N2. The van der Waals surface area contributed by atoms with Crippen LogP contribution in [0.5, 0.6) is 0 Å². The lowest BCUT2D eigenvalue weighted by Gasteiger charge is -2.17. The number of pyridine rings is 2. The Morgan fingerprint density at radius 3 is 1.54 bits per heavy atom. The molecule has 2 nitrogen and oxygen atoms in total. The number of para-hydroxylation sites is 1. The highest BCUT2D eigenvalue weighted by Crippen LogP contribution is 2.42. The van der Waals surface area contributed by atoms with Crippen LogP contribution in [-0.2, 0) is 0 Å². The lowest BCUT2D eigenvalue weighted by atomic mass is 9.90. The summed E-state index contributed by atoms with van der Waals surface area (Å²) >= 11 is 0. The number of nitrogens with zero attached hydrogens (tertiary/aromatic N) is 2. The molecule has 0 saturated heterocycles. The van der Waals surface area contributed by atoms with Crippen molar-refractivity contribution in [2.75, 3.05) is 0 Å². The molecular weight excluding hydrogens is 653 g/mol. The second kappa shape index (κ2) is 12.2. The molecule has 0 N–H and O–H groups in total. The van der Waals surface area contributed by atoms with Crippen molar-refractivity contribution in [3.05, 3.63) is 194 Å². The van der Waals surface area contributed by atoms with Gasteiger partial charge in [0, 0.05) is 32.7 Å². The molecule has 2 heteroatoms. The van der Waals surface area contributed by atoms with Crippen molar-refractivity contribution in [3.8, 4) is 44.8 Å². The summed E-state index contributed by atoms with van der Waals surface area (Å²) in [6, 6.07) is 69.9. The van der Waals surface area contributed by atoms with Gasteiger partial charge >= 0.3 is 0 Å². The van der Waals surface area contributed by atoms with Crippen LogP contribution in [0.4, 0.5) is 0 Å². The molecule has 54 heavy (non-hydrogen) atoms. The van der Waals surface area contributed by atoms with Crippen LogP contribution in [0.3, 0.4) is 0 Å². The van der Waals surface area contributed by atoms with Crippen LogP contribution in [0.15, 0.2) is 194 Å². The fourth-order valence-corrected chi connectivity index (χ4v) is 8.32. The maximum Gasteiger partial charge on any atom is 0.0794 e. The molecule has 11 aromatic rings. The fraction of sp³-hybridized carbons (Fsp3) is 0. The molecule has 9 aromatic carbocycles. The molecule has 0 aliphatic rings. The third kappa shape index (κ3) is 4.96. The smallest absolute Gasteiger partial charge is 0.0794 e. The van der Waals surface area contributed by atoms with Gasteiger partial charge in [0.05, 0.1) is 22.4 Å². The molecule has 0 aliphatic heterocycles. The molecule has 0 spiro atoms. The van der Waals surface area contributed by atoms with Crippen molar-refractivity contribution in [2.45, 2.75) is 0 Å². The molecule has 11 rings (SSSR count). The zero-order chi connectivity index (χ0) is 35.6. The monoisotopic (exact) mass is 684 g/mol. The van der Waals surface area contributed by atoms with Gasteiger partial charge in [0.25, 0.3) is 0 Å². The van der Waals surface area contributed by atoms with E-state index in [2.05, 4.69) is 194 Å². The van der Waals surface area contributed by atoms with E-state index in [1.54, 1.807) is 0 Å². The Balaban J connectivity index is 1.13. The Morgan fingerprint density at radius 2 is 0.796 bits per heavy atom. The summed E-state index contributed by atoms with van der Waals surface area (Å²) in [4.78, 5) is 10.6. The first-order chi connectivity index (χ1) is 26.7. The van der Waals surface area contributed by atoms with E-state index in [-0.39, 0.29) is 0 Å². The summed E-state index contributed by atoms with van der Waals surface area (Å²) in [6.07, 6.45) is 0. The third-order valence-corrected chi connectivity index (χ3v) is 11.0. The minimum absolute atomic E-state index is 0.966. The number of aromatic nitrogens is 2. The minimum atomic E-state index is 0.966. The van der Waals surface area contributed by atoms with Crippen molar-refractivity contribution in [1.82, 2.24) is 9.97 Å². The van der Waals surface area contributed by atoms with Crippen LogP contribution < -0.4 is 0 Å². The van der Waals surface area contributed by atoms with Gasteiger partial charge in [0.15, 0.2) is 0 Å². The summed E-state index contributed by atoms with van der Waals surface area (Å²) in [7, 11) is 0. The topological polar surface area (TPSA) is 25.8 Å². The summed E-state index contributed by atoms with van der Waals surface area (Å²) in [6.45, 7) is 0. The van der Waals surface area contributed by atoms with Gasteiger partial charge in [-0.3, -0.25) is 0 Å². The first-order valence-corrected chi connectivity index (χ1v) is 18.5. The van der Waals surface area contributed by atoms with Crippen molar-refractivity contribution in [2.24, 2.45) is 0 Å². The Bertz CT molecular complexity index is 3270. The van der Waals surface area contributed by atoms with E-state index >= 15 is 0 Å². The average Bonchev–Trinajstić information content (AvgIpc) is 3.25. The lowest BCUT2D eigenvalue weighted by Crippen LogP contribution is -1.94. The molecule has 0 amide bonds.